The molecule has 0 spiro atoms. The smallest absolute Gasteiger partial charge is 0.326 e. The number of carbonyl (C=O) groups excluding carboxylic acids is 1. The quantitative estimate of drug-likeness (QED) is 0.838. The van der Waals surface area contributed by atoms with Crippen molar-refractivity contribution < 1.29 is 14.7 Å². The summed E-state index contributed by atoms with van der Waals surface area (Å²) in [6, 6.07) is 8.57. The zero-order valence-electron chi connectivity index (χ0n) is 13.4. The van der Waals surface area contributed by atoms with Gasteiger partial charge >= 0.3 is 5.97 Å². The number of para-hydroxylation sites is 1. The third-order valence-electron chi connectivity index (χ3n) is 3.57. The number of carbonyl (C=O) groups is 2. The number of aromatic nitrogens is 3. The summed E-state index contributed by atoms with van der Waals surface area (Å²) in [4.78, 5) is 23.2. The van der Waals surface area contributed by atoms with Crippen LogP contribution in [0.4, 0.5) is 0 Å². The van der Waals surface area contributed by atoms with Crippen molar-refractivity contribution in [1.82, 2.24) is 20.3 Å². The lowest BCUT2D eigenvalue weighted by molar-refractivity contribution is -0.143. The number of hydrogen-bond donors (Lipinski definition) is 2. The largest absolute Gasteiger partial charge is 0.480 e. The minimum Gasteiger partial charge on any atom is -0.480 e. The predicted octanol–water partition coefficient (Wildman–Crippen LogP) is 1.34. The Morgan fingerprint density at radius 3 is 2.48 bits per heavy atom. The molecular weight excluding hydrogens is 296 g/mol. The van der Waals surface area contributed by atoms with Crippen molar-refractivity contribution in [3.05, 3.63) is 41.7 Å². The molecule has 1 amide bonds. The van der Waals surface area contributed by atoms with Crippen LogP contribution in [0.1, 0.15) is 25.2 Å². The molecule has 0 unspecified atom stereocenters. The van der Waals surface area contributed by atoms with Crippen LogP contribution in [0.5, 0.6) is 0 Å². The first-order valence-electron chi connectivity index (χ1n) is 7.39. The molecule has 0 aliphatic carbocycles. The highest BCUT2D eigenvalue weighted by Crippen LogP contribution is 2.12. The molecule has 2 N–H and O–H groups in total. The van der Waals surface area contributed by atoms with Gasteiger partial charge < -0.3 is 10.4 Å². The van der Waals surface area contributed by atoms with Gasteiger partial charge in [0, 0.05) is 0 Å². The number of amides is 1. The molecule has 0 fully saturated rings. The molecule has 122 valence electrons. The van der Waals surface area contributed by atoms with Crippen molar-refractivity contribution in [2.75, 3.05) is 0 Å². The third kappa shape index (κ3) is 3.94. The molecule has 0 radical (unpaired) electrons. The Balaban J connectivity index is 2.11. The maximum Gasteiger partial charge on any atom is 0.326 e. The number of rotatable bonds is 6. The van der Waals surface area contributed by atoms with Gasteiger partial charge in [-0.2, -0.15) is 0 Å². The number of carboxylic acids is 1. The second-order valence-corrected chi connectivity index (χ2v) is 5.67. The lowest BCUT2D eigenvalue weighted by atomic mass is 10.0. The van der Waals surface area contributed by atoms with Crippen LogP contribution >= 0.6 is 0 Å². The van der Waals surface area contributed by atoms with Gasteiger partial charge in [-0.25, -0.2) is 9.48 Å². The van der Waals surface area contributed by atoms with E-state index in [0.717, 1.165) is 11.4 Å². The van der Waals surface area contributed by atoms with E-state index in [1.54, 1.807) is 18.5 Å². The standard InChI is InChI=1S/C16H20N4O3/c1-10(2)15(16(22)23)17-14(21)9-13-11(3)20(19-18-13)12-7-5-4-6-8-12/h4-8,10,15H,9H2,1-3H3,(H,17,21)(H,22,23)/t15-/m1/s1. The number of carboxylic acid groups (broad SMARTS) is 1. The fraction of sp³-hybridized carbons (Fsp3) is 0.375. The molecule has 0 saturated carbocycles. The van der Waals surface area contributed by atoms with Gasteiger partial charge in [-0.1, -0.05) is 37.3 Å². The molecule has 2 rings (SSSR count). The van der Waals surface area contributed by atoms with Crippen molar-refractivity contribution in [2.45, 2.75) is 33.2 Å². The highest BCUT2D eigenvalue weighted by Gasteiger charge is 2.24. The van der Waals surface area contributed by atoms with Crippen LogP contribution in [-0.4, -0.2) is 38.0 Å². The van der Waals surface area contributed by atoms with Crippen LogP contribution in [-0.2, 0) is 16.0 Å². The molecule has 1 aromatic carbocycles. The molecule has 7 nitrogen and oxygen atoms in total. The van der Waals surface area contributed by atoms with Crippen LogP contribution in [0.3, 0.4) is 0 Å². The van der Waals surface area contributed by atoms with Crippen LogP contribution in [0.15, 0.2) is 30.3 Å². The Hall–Kier alpha value is -2.70. The van der Waals surface area contributed by atoms with E-state index in [-0.39, 0.29) is 18.2 Å². The highest BCUT2D eigenvalue weighted by molar-refractivity contribution is 5.84. The van der Waals surface area contributed by atoms with Crippen molar-refractivity contribution in [1.29, 1.82) is 0 Å². The summed E-state index contributed by atoms with van der Waals surface area (Å²) >= 11 is 0. The van der Waals surface area contributed by atoms with E-state index in [0.29, 0.717) is 5.69 Å². The van der Waals surface area contributed by atoms with Gasteiger partial charge in [0.15, 0.2) is 0 Å². The van der Waals surface area contributed by atoms with Crippen molar-refractivity contribution in [3.8, 4) is 5.69 Å². The molecule has 23 heavy (non-hydrogen) atoms. The Bertz CT molecular complexity index is 695. The molecule has 0 aliphatic heterocycles. The van der Waals surface area contributed by atoms with Crippen LogP contribution < -0.4 is 5.32 Å². The molecule has 0 aliphatic rings. The number of aliphatic carboxylic acids is 1. The lowest BCUT2D eigenvalue weighted by Gasteiger charge is -2.17. The van der Waals surface area contributed by atoms with Gasteiger partial charge in [0.1, 0.15) is 6.04 Å². The monoisotopic (exact) mass is 316 g/mol. The third-order valence-corrected chi connectivity index (χ3v) is 3.57. The summed E-state index contributed by atoms with van der Waals surface area (Å²) in [6.07, 6.45) is -0.00479. The highest BCUT2D eigenvalue weighted by atomic mass is 16.4. The fourth-order valence-electron chi connectivity index (χ4n) is 2.23. The molecule has 1 aromatic heterocycles. The fourth-order valence-corrected chi connectivity index (χ4v) is 2.23. The van der Waals surface area contributed by atoms with E-state index in [1.807, 2.05) is 37.3 Å². The van der Waals surface area contributed by atoms with E-state index in [1.165, 1.54) is 0 Å². The van der Waals surface area contributed by atoms with Gasteiger partial charge in [0.05, 0.1) is 23.5 Å². The maximum absolute atomic E-state index is 12.1. The Kier molecular flexibility index (Phi) is 5.10. The van der Waals surface area contributed by atoms with E-state index < -0.39 is 12.0 Å². The topological polar surface area (TPSA) is 97.1 Å². The number of benzene rings is 1. The van der Waals surface area contributed by atoms with Gasteiger partial charge in [0.25, 0.3) is 0 Å². The summed E-state index contributed by atoms with van der Waals surface area (Å²) in [5, 5.41) is 19.7. The van der Waals surface area contributed by atoms with E-state index >= 15 is 0 Å². The molecule has 1 heterocycles. The van der Waals surface area contributed by atoms with Gasteiger partial charge in [-0.3, -0.25) is 4.79 Å². The second kappa shape index (κ2) is 7.04. The van der Waals surface area contributed by atoms with Crippen molar-refractivity contribution in [3.63, 3.8) is 0 Å². The van der Waals surface area contributed by atoms with E-state index in [9.17, 15) is 9.59 Å². The van der Waals surface area contributed by atoms with Gasteiger partial charge in [0.2, 0.25) is 5.91 Å². The second-order valence-electron chi connectivity index (χ2n) is 5.67. The summed E-state index contributed by atoms with van der Waals surface area (Å²) in [6.45, 7) is 5.32. The average Bonchev–Trinajstić information content (AvgIpc) is 2.86. The number of hydrogen-bond acceptors (Lipinski definition) is 4. The lowest BCUT2D eigenvalue weighted by Crippen LogP contribution is -2.45. The van der Waals surface area contributed by atoms with Crippen LogP contribution in [0.25, 0.3) is 5.69 Å². The van der Waals surface area contributed by atoms with Crippen molar-refractivity contribution in [2.24, 2.45) is 5.92 Å². The Morgan fingerprint density at radius 1 is 1.26 bits per heavy atom. The van der Waals surface area contributed by atoms with Gasteiger partial charge in [-0.15, -0.1) is 5.10 Å². The van der Waals surface area contributed by atoms with E-state index in [4.69, 9.17) is 5.11 Å². The Labute approximate surface area is 134 Å². The maximum atomic E-state index is 12.1. The van der Waals surface area contributed by atoms with Crippen molar-refractivity contribution >= 4 is 11.9 Å². The first-order chi connectivity index (χ1) is 10.9. The number of nitrogens with one attached hydrogen (secondary N) is 1. The molecule has 0 bridgehead atoms. The zero-order chi connectivity index (χ0) is 17.0. The molecular formula is C16H20N4O3. The first kappa shape index (κ1) is 16.7. The first-order valence-corrected chi connectivity index (χ1v) is 7.39. The minimum atomic E-state index is -1.04. The Morgan fingerprint density at radius 2 is 1.91 bits per heavy atom. The SMILES string of the molecule is Cc1c(CC(=O)N[C@@H](C(=O)O)C(C)C)nnn1-c1ccccc1. The van der Waals surface area contributed by atoms with Crippen LogP contribution in [0.2, 0.25) is 0 Å². The summed E-state index contributed by atoms with van der Waals surface area (Å²) in [5.74, 6) is -1.62. The predicted molar refractivity (Wildman–Crippen MR) is 84.2 cm³/mol. The summed E-state index contributed by atoms with van der Waals surface area (Å²) in [5.41, 5.74) is 2.14. The average molecular weight is 316 g/mol. The summed E-state index contributed by atoms with van der Waals surface area (Å²) in [7, 11) is 0. The van der Waals surface area contributed by atoms with E-state index in [2.05, 4.69) is 15.6 Å². The molecule has 2 aromatic rings. The molecule has 7 heteroatoms. The molecule has 1 atom stereocenters. The van der Waals surface area contributed by atoms with Gasteiger partial charge in [-0.05, 0) is 25.0 Å². The number of nitrogens with zero attached hydrogens (tertiary/aromatic N) is 3. The van der Waals surface area contributed by atoms with Crippen LogP contribution in [0, 0.1) is 12.8 Å². The minimum absolute atomic E-state index is 0.00479. The zero-order valence-corrected chi connectivity index (χ0v) is 13.4. The molecule has 0 saturated heterocycles. The summed E-state index contributed by atoms with van der Waals surface area (Å²) < 4.78 is 1.65. The normalized spacial score (nSPS) is 12.2.